The average molecular weight is 221 g/mol. The maximum atomic E-state index is 9.63. The molecule has 2 heteroatoms. The number of rotatable bonds is 6. The number of hydrogen-bond donors (Lipinski definition) is 2. The summed E-state index contributed by atoms with van der Waals surface area (Å²) in [6.45, 7) is 6.32. The van der Waals surface area contributed by atoms with Crippen LogP contribution < -0.4 is 5.32 Å². The number of hydrogen-bond acceptors (Lipinski definition) is 2. The van der Waals surface area contributed by atoms with Crippen molar-refractivity contribution in [2.45, 2.75) is 52.5 Å². The second-order valence-electron chi connectivity index (χ2n) is 4.42. The largest absolute Gasteiger partial charge is 0.508 e. The lowest BCUT2D eigenvalue weighted by molar-refractivity contribution is 0.471. The molecule has 16 heavy (non-hydrogen) atoms. The Morgan fingerprint density at radius 1 is 1.19 bits per heavy atom. The van der Waals surface area contributed by atoms with Gasteiger partial charge in [0.05, 0.1) is 0 Å². The molecule has 0 amide bonds. The molecule has 0 bridgehead atoms. The number of aromatic hydroxyl groups is 1. The van der Waals surface area contributed by atoms with Crippen molar-refractivity contribution < 1.29 is 5.11 Å². The molecule has 0 aromatic heterocycles. The minimum atomic E-state index is 0.372. The first-order valence-corrected chi connectivity index (χ1v) is 6.23. The minimum Gasteiger partial charge on any atom is -0.508 e. The topological polar surface area (TPSA) is 32.3 Å². The van der Waals surface area contributed by atoms with Gasteiger partial charge in [-0.1, -0.05) is 32.8 Å². The fraction of sp³-hybridized carbons (Fsp3) is 0.571. The van der Waals surface area contributed by atoms with Crippen LogP contribution in [0, 0.1) is 6.92 Å². The highest BCUT2D eigenvalue weighted by Gasteiger charge is 2.07. The average Bonchev–Trinajstić information content (AvgIpc) is 2.24. The van der Waals surface area contributed by atoms with Crippen LogP contribution in [0.2, 0.25) is 0 Å². The number of nitrogens with one attached hydrogen (secondary N) is 1. The van der Waals surface area contributed by atoms with Crippen molar-refractivity contribution in [3.8, 4) is 5.75 Å². The Labute approximate surface area is 98.7 Å². The van der Waals surface area contributed by atoms with Crippen molar-refractivity contribution in [3.05, 3.63) is 23.8 Å². The van der Waals surface area contributed by atoms with E-state index in [1.165, 1.54) is 25.7 Å². The van der Waals surface area contributed by atoms with Crippen molar-refractivity contribution in [2.75, 3.05) is 5.32 Å². The van der Waals surface area contributed by atoms with E-state index in [0.29, 0.717) is 11.8 Å². The summed E-state index contributed by atoms with van der Waals surface area (Å²) in [6.07, 6.45) is 4.75. The van der Waals surface area contributed by atoms with Gasteiger partial charge in [-0.05, 0) is 31.4 Å². The van der Waals surface area contributed by atoms with Gasteiger partial charge in [0.25, 0.3) is 0 Å². The van der Waals surface area contributed by atoms with Gasteiger partial charge in [0, 0.05) is 17.8 Å². The summed E-state index contributed by atoms with van der Waals surface area (Å²) in [5, 5.41) is 13.1. The van der Waals surface area contributed by atoms with Crippen LogP contribution in [0.1, 0.15) is 45.1 Å². The molecule has 0 unspecified atom stereocenters. The summed E-state index contributed by atoms with van der Waals surface area (Å²) in [5.74, 6) is 0.372. The van der Waals surface area contributed by atoms with E-state index in [2.05, 4.69) is 19.2 Å². The van der Waals surface area contributed by atoms with Crippen LogP contribution in [-0.2, 0) is 0 Å². The quantitative estimate of drug-likeness (QED) is 0.758. The Balaban J connectivity index is 2.65. The number of benzene rings is 1. The van der Waals surface area contributed by atoms with Crippen molar-refractivity contribution in [2.24, 2.45) is 0 Å². The van der Waals surface area contributed by atoms with Gasteiger partial charge in [0.1, 0.15) is 5.75 Å². The monoisotopic (exact) mass is 221 g/mol. The van der Waals surface area contributed by atoms with E-state index in [1.54, 1.807) is 0 Å². The summed E-state index contributed by atoms with van der Waals surface area (Å²) in [5.41, 5.74) is 1.95. The maximum Gasteiger partial charge on any atom is 0.120 e. The standard InChI is InChI=1S/C14H23NO/c1-4-6-12(7-5-2)15-13-9-8-11(3)14(16)10-13/h8-10,12,15-16H,4-7H2,1-3H3. The number of aryl methyl sites for hydroxylation is 1. The third-order valence-electron chi connectivity index (χ3n) is 2.85. The highest BCUT2D eigenvalue weighted by Crippen LogP contribution is 2.22. The fourth-order valence-corrected chi connectivity index (χ4v) is 1.92. The molecule has 1 aromatic carbocycles. The third-order valence-corrected chi connectivity index (χ3v) is 2.85. The highest BCUT2D eigenvalue weighted by molar-refractivity contribution is 5.51. The van der Waals surface area contributed by atoms with Crippen molar-refractivity contribution in [1.29, 1.82) is 0 Å². The normalized spacial score (nSPS) is 10.8. The molecule has 0 radical (unpaired) electrons. The first-order valence-electron chi connectivity index (χ1n) is 6.23. The zero-order valence-electron chi connectivity index (χ0n) is 10.6. The van der Waals surface area contributed by atoms with Crippen LogP contribution in [0.15, 0.2) is 18.2 Å². The second-order valence-corrected chi connectivity index (χ2v) is 4.42. The van der Waals surface area contributed by atoms with E-state index in [4.69, 9.17) is 0 Å². The Bertz CT molecular complexity index is 317. The molecule has 0 heterocycles. The lowest BCUT2D eigenvalue weighted by atomic mass is 10.1. The summed E-state index contributed by atoms with van der Waals surface area (Å²) >= 11 is 0. The summed E-state index contributed by atoms with van der Waals surface area (Å²) < 4.78 is 0. The molecular weight excluding hydrogens is 198 g/mol. The van der Waals surface area contributed by atoms with Gasteiger partial charge in [-0.15, -0.1) is 0 Å². The highest BCUT2D eigenvalue weighted by atomic mass is 16.3. The Morgan fingerprint density at radius 3 is 2.31 bits per heavy atom. The van der Waals surface area contributed by atoms with Gasteiger partial charge in [0.2, 0.25) is 0 Å². The van der Waals surface area contributed by atoms with Crippen LogP contribution in [0.3, 0.4) is 0 Å². The molecule has 0 saturated heterocycles. The van der Waals surface area contributed by atoms with E-state index < -0.39 is 0 Å². The maximum absolute atomic E-state index is 9.63. The second kappa shape index (κ2) is 6.41. The van der Waals surface area contributed by atoms with Gasteiger partial charge < -0.3 is 10.4 Å². The van der Waals surface area contributed by atoms with E-state index in [0.717, 1.165) is 11.3 Å². The van der Waals surface area contributed by atoms with Crippen molar-refractivity contribution in [3.63, 3.8) is 0 Å². The molecule has 90 valence electrons. The molecule has 2 nitrogen and oxygen atoms in total. The molecule has 0 aliphatic carbocycles. The number of anilines is 1. The fourth-order valence-electron chi connectivity index (χ4n) is 1.92. The summed E-state index contributed by atoms with van der Waals surface area (Å²) in [4.78, 5) is 0. The van der Waals surface area contributed by atoms with Gasteiger partial charge in [-0.25, -0.2) is 0 Å². The van der Waals surface area contributed by atoms with Crippen LogP contribution in [0.5, 0.6) is 5.75 Å². The Kier molecular flexibility index (Phi) is 5.17. The van der Waals surface area contributed by atoms with Crippen LogP contribution >= 0.6 is 0 Å². The van der Waals surface area contributed by atoms with Crippen molar-refractivity contribution >= 4 is 5.69 Å². The van der Waals surface area contributed by atoms with E-state index in [-0.39, 0.29) is 0 Å². The van der Waals surface area contributed by atoms with Gasteiger partial charge in [-0.2, -0.15) is 0 Å². The van der Waals surface area contributed by atoms with Gasteiger partial charge >= 0.3 is 0 Å². The van der Waals surface area contributed by atoms with Crippen LogP contribution in [0.4, 0.5) is 5.69 Å². The summed E-state index contributed by atoms with van der Waals surface area (Å²) in [7, 11) is 0. The molecule has 0 fully saturated rings. The molecule has 1 aromatic rings. The Morgan fingerprint density at radius 2 is 1.81 bits per heavy atom. The first-order chi connectivity index (χ1) is 7.67. The lowest BCUT2D eigenvalue weighted by Crippen LogP contribution is -2.18. The molecule has 0 aliphatic rings. The zero-order chi connectivity index (χ0) is 12.0. The molecule has 0 spiro atoms. The number of phenolic OH excluding ortho intramolecular Hbond substituents is 1. The van der Waals surface area contributed by atoms with Crippen molar-refractivity contribution in [1.82, 2.24) is 0 Å². The molecule has 1 rings (SSSR count). The van der Waals surface area contributed by atoms with E-state index in [1.807, 2.05) is 25.1 Å². The molecule has 2 N–H and O–H groups in total. The van der Waals surface area contributed by atoms with Gasteiger partial charge in [0.15, 0.2) is 0 Å². The van der Waals surface area contributed by atoms with Gasteiger partial charge in [-0.3, -0.25) is 0 Å². The predicted molar refractivity (Wildman–Crippen MR) is 70.1 cm³/mol. The van der Waals surface area contributed by atoms with E-state index in [9.17, 15) is 5.11 Å². The van der Waals surface area contributed by atoms with Crippen LogP contribution in [-0.4, -0.2) is 11.1 Å². The molecule has 0 aliphatic heterocycles. The summed E-state index contributed by atoms with van der Waals surface area (Å²) in [6, 6.07) is 6.32. The minimum absolute atomic E-state index is 0.372. The van der Waals surface area contributed by atoms with E-state index >= 15 is 0 Å². The molecular formula is C14H23NO. The number of phenols is 1. The molecule has 0 atom stereocenters. The lowest BCUT2D eigenvalue weighted by Gasteiger charge is -2.19. The van der Waals surface area contributed by atoms with Crippen LogP contribution in [0.25, 0.3) is 0 Å². The molecule has 0 saturated carbocycles. The SMILES string of the molecule is CCCC(CCC)Nc1ccc(C)c(O)c1. The zero-order valence-corrected chi connectivity index (χ0v) is 10.6. The first kappa shape index (κ1) is 12.9. The predicted octanol–water partition coefficient (Wildman–Crippen LogP) is 4.08. The third kappa shape index (κ3) is 3.76. The Hall–Kier alpha value is -1.18. The smallest absolute Gasteiger partial charge is 0.120 e.